The molecular formula is C12H9BrF3N3. The summed E-state index contributed by atoms with van der Waals surface area (Å²) in [5.41, 5.74) is 0.837. The van der Waals surface area contributed by atoms with E-state index < -0.39 is 11.9 Å². The van der Waals surface area contributed by atoms with Gasteiger partial charge in [0.1, 0.15) is 11.4 Å². The van der Waals surface area contributed by atoms with Gasteiger partial charge in [0.05, 0.1) is 15.9 Å². The van der Waals surface area contributed by atoms with Gasteiger partial charge in [-0.2, -0.15) is 18.3 Å². The molecule has 0 aliphatic carbocycles. The highest BCUT2D eigenvalue weighted by Crippen LogP contribution is 2.34. The largest absolute Gasteiger partial charge is 0.433 e. The van der Waals surface area contributed by atoms with Crippen LogP contribution in [0.5, 0.6) is 0 Å². The lowest BCUT2D eigenvalue weighted by Crippen LogP contribution is -2.08. The predicted molar refractivity (Wildman–Crippen MR) is 66.5 cm³/mol. The fraction of sp³-hybridized carbons (Fsp3) is 0.333. The van der Waals surface area contributed by atoms with Crippen LogP contribution in [-0.2, 0) is 19.1 Å². The van der Waals surface area contributed by atoms with Crippen LogP contribution in [0.2, 0.25) is 0 Å². The van der Waals surface area contributed by atoms with Crippen molar-refractivity contribution in [1.82, 2.24) is 14.8 Å². The van der Waals surface area contributed by atoms with Crippen LogP contribution in [-0.4, -0.2) is 14.8 Å². The minimum atomic E-state index is -4.44. The predicted octanol–water partition coefficient (Wildman–Crippen LogP) is 3.67. The number of aromatic nitrogens is 3. The number of rotatable bonds is 1. The van der Waals surface area contributed by atoms with Crippen molar-refractivity contribution < 1.29 is 13.2 Å². The van der Waals surface area contributed by atoms with Crippen LogP contribution in [0, 0.1) is 0 Å². The summed E-state index contributed by atoms with van der Waals surface area (Å²) in [6, 6.07) is 3.85. The third-order valence-corrected chi connectivity index (χ3v) is 3.89. The fourth-order valence-electron chi connectivity index (χ4n) is 2.18. The van der Waals surface area contributed by atoms with Crippen LogP contribution >= 0.6 is 15.9 Å². The molecule has 2 aromatic rings. The average molecular weight is 332 g/mol. The third kappa shape index (κ3) is 2.16. The van der Waals surface area contributed by atoms with E-state index >= 15 is 0 Å². The van der Waals surface area contributed by atoms with Crippen molar-refractivity contribution in [3.8, 4) is 11.4 Å². The van der Waals surface area contributed by atoms with Gasteiger partial charge in [0.15, 0.2) is 0 Å². The van der Waals surface area contributed by atoms with E-state index in [-0.39, 0.29) is 5.69 Å². The Hall–Kier alpha value is -1.37. The van der Waals surface area contributed by atoms with E-state index in [4.69, 9.17) is 0 Å². The molecule has 19 heavy (non-hydrogen) atoms. The molecule has 0 atom stereocenters. The number of nitrogens with zero attached hydrogens (tertiary/aromatic N) is 3. The second-order valence-corrected chi connectivity index (χ2v) is 5.13. The molecule has 2 aromatic heterocycles. The first-order chi connectivity index (χ1) is 8.97. The van der Waals surface area contributed by atoms with Crippen molar-refractivity contribution in [1.29, 1.82) is 0 Å². The number of hydrogen-bond acceptors (Lipinski definition) is 2. The van der Waals surface area contributed by atoms with Crippen LogP contribution < -0.4 is 0 Å². The SMILES string of the molecule is FC(F)(F)c1cccc(-c2nn3c(c2Br)CCC3)n1. The number of hydrogen-bond donors (Lipinski definition) is 0. The smallest absolute Gasteiger partial charge is 0.268 e. The minimum Gasteiger partial charge on any atom is -0.268 e. The van der Waals surface area contributed by atoms with Crippen molar-refractivity contribution in [3.63, 3.8) is 0 Å². The van der Waals surface area contributed by atoms with Crippen LogP contribution in [0.15, 0.2) is 22.7 Å². The minimum absolute atomic E-state index is 0.239. The van der Waals surface area contributed by atoms with E-state index in [1.807, 2.05) is 4.68 Å². The first-order valence-electron chi connectivity index (χ1n) is 5.76. The van der Waals surface area contributed by atoms with Crippen LogP contribution in [0.1, 0.15) is 17.8 Å². The second kappa shape index (κ2) is 4.33. The Labute approximate surface area is 115 Å². The molecule has 0 fully saturated rings. The highest BCUT2D eigenvalue weighted by Gasteiger charge is 2.33. The Kier molecular flexibility index (Phi) is 2.88. The highest BCUT2D eigenvalue weighted by atomic mass is 79.9. The van der Waals surface area contributed by atoms with Gasteiger partial charge in [0, 0.05) is 6.54 Å². The molecule has 0 spiro atoms. The molecule has 0 amide bonds. The number of halogens is 4. The van der Waals surface area contributed by atoms with Gasteiger partial charge in [0.25, 0.3) is 0 Å². The summed E-state index contributed by atoms with van der Waals surface area (Å²) in [4.78, 5) is 3.66. The summed E-state index contributed by atoms with van der Waals surface area (Å²) in [5.74, 6) is 0. The fourth-order valence-corrected chi connectivity index (χ4v) is 2.87. The average Bonchev–Trinajstić information content (AvgIpc) is 2.92. The zero-order chi connectivity index (χ0) is 13.6. The number of pyridine rings is 1. The standard InChI is InChI=1S/C12H9BrF3N3/c13-10-8-4-2-6-19(8)18-11(10)7-3-1-5-9(17-7)12(14,15)16/h1,3,5H,2,4,6H2. The molecule has 0 N–H and O–H groups in total. The second-order valence-electron chi connectivity index (χ2n) is 4.34. The van der Waals surface area contributed by atoms with Gasteiger partial charge in [0.2, 0.25) is 0 Å². The topological polar surface area (TPSA) is 30.7 Å². The van der Waals surface area contributed by atoms with Crippen LogP contribution in [0.25, 0.3) is 11.4 Å². The van der Waals surface area contributed by atoms with E-state index in [0.29, 0.717) is 5.69 Å². The molecule has 0 aromatic carbocycles. The lowest BCUT2D eigenvalue weighted by Gasteiger charge is -2.06. The summed E-state index contributed by atoms with van der Waals surface area (Å²) in [5, 5.41) is 4.32. The number of fused-ring (bicyclic) bond motifs is 1. The molecule has 100 valence electrons. The van der Waals surface area contributed by atoms with E-state index in [1.54, 1.807) is 0 Å². The lowest BCUT2D eigenvalue weighted by atomic mass is 10.2. The van der Waals surface area contributed by atoms with Gasteiger partial charge in [-0.3, -0.25) is 4.68 Å². The Morgan fingerprint density at radius 1 is 1.26 bits per heavy atom. The molecule has 0 radical (unpaired) electrons. The van der Waals surface area contributed by atoms with Crippen molar-refractivity contribution in [2.24, 2.45) is 0 Å². The Balaban J connectivity index is 2.08. The maximum Gasteiger partial charge on any atom is 0.433 e. The maximum atomic E-state index is 12.6. The third-order valence-electron chi connectivity index (χ3n) is 3.06. The summed E-state index contributed by atoms with van der Waals surface area (Å²) in [6.45, 7) is 0.799. The molecular weight excluding hydrogens is 323 g/mol. The number of aryl methyl sites for hydroxylation is 1. The van der Waals surface area contributed by atoms with Crippen molar-refractivity contribution in [2.45, 2.75) is 25.6 Å². The molecule has 0 bridgehead atoms. The first-order valence-corrected chi connectivity index (χ1v) is 6.56. The van der Waals surface area contributed by atoms with Crippen molar-refractivity contribution >= 4 is 15.9 Å². The normalized spacial score (nSPS) is 14.7. The van der Waals surface area contributed by atoms with E-state index in [0.717, 1.165) is 35.6 Å². The van der Waals surface area contributed by atoms with Gasteiger partial charge in [-0.05, 0) is 40.9 Å². The molecule has 1 aliphatic rings. The van der Waals surface area contributed by atoms with Gasteiger partial charge in [-0.25, -0.2) is 4.98 Å². The van der Waals surface area contributed by atoms with Gasteiger partial charge in [-0.1, -0.05) is 6.07 Å². The Morgan fingerprint density at radius 3 is 2.74 bits per heavy atom. The molecule has 0 saturated heterocycles. The van der Waals surface area contributed by atoms with Gasteiger partial charge >= 0.3 is 6.18 Å². The van der Waals surface area contributed by atoms with E-state index in [9.17, 15) is 13.2 Å². The summed E-state index contributed by atoms with van der Waals surface area (Å²) in [6.07, 6.45) is -2.55. The summed E-state index contributed by atoms with van der Waals surface area (Å²) in [7, 11) is 0. The highest BCUT2D eigenvalue weighted by molar-refractivity contribution is 9.10. The molecule has 0 unspecified atom stereocenters. The molecule has 0 saturated carbocycles. The lowest BCUT2D eigenvalue weighted by molar-refractivity contribution is -0.141. The van der Waals surface area contributed by atoms with Gasteiger partial charge < -0.3 is 0 Å². The Bertz CT molecular complexity index is 634. The molecule has 3 heterocycles. The van der Waals surface area contributed by atoms with Crippen molar-refractivity contribution in [2.75, 3.05) is 0 Å². The summed E-state index contributed by atoms with van der Waals surface area (Å²) >= 11 is 3.41. The monoisotopic (exact) mass is 331 g/mol. The first kappa shape index (κ1) is 12.7. The van der Waals surface area contributed by atoms with Crippen molar-refractivity contribution in [3.05, 3.63) is 34.1 Å². The quantitative estimate of drug-likeness (QED) is 0.798. The van der Waals surface area contributed by atoms with Gasteiger partial charge in [-0.15, -0.1) is 0 Å². The maximum absolute atomic E-state index is 12.6. The summed E-state index contributed by atoms with van der Waals surface area (Å²) < 4.78 is 40.5. The molecule has 1 aliphatic heterocycles. The molecule has 3 nitrogen and oxygen atoms in total. The Morgan fingerprint density at radius 2 is 2.05 bits per heavy atom. The molecule has 7 heteroatoms. The van der Waals surface area contributed by atoms with E-state index in [2.05, 4.69) is 26.0 Å². The molecule has 3 rings (SSSR count). The van der Waals surface area contributed by atoms with Crippen LogP contribution in [0.3, 0.4) is 0 Å². The zero-order valence-electron chi connectivity index (χ0n) is 9.71. The van der Waals surface area contributed by atoms with E-state index in [1.165, 1.54) is 12.1 Å². The number of alkyl halides is 3. The zero-order valence-corrected chi connectivity index (χ0v) is 11.3. The van der Waals surface area contributed by atoms with Crippen LogP contribution in [0.4, 0.5) is 13.2 Å².